The molecule has 0 aliphatic carbocycles. The molecule has 1 N–H and O–H groups in total. The first-order valence-corrected chi connectivity index (χ1v) is 7.21. The third-order valence-electron chi connectivity index (χ3n) is 3.65. The van der Waals surface area contributed by atoms with Gasteiger partial charge in [0.2, 0.25) is 0 Å². The van der Waals surface area contributed by atoms with Gasteiger partial charge in [0.15, 0.2) is 0 Å². The van der Waals surface area contributed by atoms with Gasteiger partial charge in [-0.15, -0.1) is 0 Å². The Kier molecular flexibility index (Phi) is 5.48. The third-order valence-corrected chi connectivity index (χ3v) is 3.89. The summed E-state index contributed by atoms with van der Waals surface area (Å²) in [6, 6.07) is 8.48. The Bertz CT molecular complexity index is 363. The van der Waals surface area contributed by atoms with Crippen molar-refractivity contribution < 1.29 is 4.74 Å². The fourth-order valence-corrected chi connectivity index (χ4v) is 2.79. The van der Waals surface area contributed by atoms with Crippen molar-refractivity contribution in [1.82, 2.24) is 5.32 Å². The molecule has 2 atom stereocenters. The lowest BCUT2D eigenvalue weighted by molar-refractivity contribution is 0.00866. The number of benzene rings is 1. The van der Waals surface area contributed by atoms with Gasteiger partial charge in [-0.3, -0.25) is 0 Å². The highest BCUT2D eigenvalue weighted by Gasteiger charge is 2.17. The van der Waals surface area contributed by atoms with E-state index in [1.165, 1.54) is 24.8 Å². The standard InChI is InChI=1S/C15H22ClNO/c1-17-15(12-5-4-6-13(16)11-12)9-8-14-7-2-3-10-18-14/h4-6,11,14-15,17H,2-3,7-10H2,1H3. The largest absolute Gasteiger partial charge is 0.378 e. The molecule has 1 aliphatic rings. The molecule has 0 amide bonds. The van der Waals surface area contributed by atoms with Crippen LogP contribution in [0.4, 0.5) is 0 Å². The fraction of sp³-hybridized carbons (Fsp3) is 0.600. The van der Waals surface area contributed by atoms with Crippen LogP contribution in [-0.4, -0.2) is 19.8 Å². The van der Waals surface area contributed by atoms with Crippen LogP contribution in [0.3, 0.4) is 0 Å². The van der Waals surface area contributed by atoms with Crippen LogP contribution < -0.4 is 5.32 Å². The summed E-state index contributed by atoms with van der Waals surface area (Å²) in [4.78, 5) is 0. The van der Waals surface area contributed by atoms with Crippen molar-refractivity contribution in [3.8, 4) is 0 Å². The average Bonchev–Trinajstić information content (AvgIpc) is 2.41. The summed E-state index contributed by atoms with van der Waals surface area (Å²) in [6.45, 7) is 0.937. The van der Waals surface area contributed by atoms with Gasteiger partial charge in [0.1, 0.15) is 0 Å². The summed E-state index contributed by atoms with van der Waals surface area (Å²) in [5.74, 6) is 0. The molecule has 1 fully saturated rings. The van der Waals surface area contributed by atoms with E-state index in [2.05, 4.69) is 11.4 Å². The van der Waals surface area contributed by atoms with Crippen LogP contribution in [0.15, 0.2) is 24.3 Å². The first-order chi connectivity index (χ1) is 8.79. The van der Waals surface area contributed by atoms with E-state index < -0.39 is 0 Å². The van der Waals surface area contributed by atoms with E-state index >= 15 is 0 Å². The maximum Gasteiger partial charge on any atom is 0.0575 e. The first kappa shape index (κ1) is 13.9. The Morgan fingerprint density at radius 2 is 2.33 bits per heavy atom. The van der Waals surface area contributed by atoms with Gasteiger partial charge in [-0.25, -0.2) is 0 Å². The van der Waals surface area contributed by atoms with Crippen LogP contribution in [-0.2, 0) is 4.74 Å². The number of halogens is 1. The van der Waals surface area contributed by atoms with Gasteiger partial charge in [-0.2, -0.15) is 0 Å². The Labute approximate surface area is 115 Å². The molecule has 1 saturated heterocycles. The van der Waals surface area contributed by atoms with Crippen LogP contribution in [0.5, 0.6) is 0 Å². The second kappa shape index (κ2) is 7.13. The molecule has 1 aromatic rings. The minimum Gasteiger partial charge on any atom is -0.378 e. The highest BCUT2D eigenvalue weighted by atomic mass is 35.5. The van der Waals surface area contributed by atoms with Gasteiger partial charge in [0.05, 0.1) is 6.10 Å². The fourth-order valence-electron chi connectivity index (χ4n) is 2.59. The predicted molar refractivity (Wildman–Crippen MR) is 76.1 cm³/mol. The minimum absolute atomic E-state index is 0.370. The number of rotatable bonds is 5. The summed E-state index contributed by atoms with van der Waals surface area (Å²) < 4.78 is 5.78. The summed E-state index contributed by atoms with van der Waals surface area (Å²) >= 11 is 6.04. The number of ether oxygens (including phenoxy) is 1. The van der Waals surface area contributed by atoms with E-state index in [-0.39, 0.29) is 0 Å². The normalized spacial score (nSPS) is 21.8. The maximum atomic E-state index is 6.04. The summed E-state index contributed by atoms with van der Waals surface area (Å²) in [7, 11) is 2.01. The summed E-state index contributed by atoms with van der Waals surface area (Å²) in [5.41, 5.74) is 1.26. The topological polar surface area (TPSA) is 21.3 Å². The second-order valence-corrected chi connectivity index (χ2v) is 5.40. The first-order valence-electron chi connectivity index (χ1n) is 6.84. The van der Waals surface area contributed by atoms with Crippen molar-refractivity contribution in [2.24, 2.45) is 0 Å². The van der Waals surface area contributed by atoms with Crippen molar-refractivity contribution in [3.63, 3.8) is 0 Å². The molecule has 2 unspecified atom stereocenters. The van der Waals surface area contributed by atoms with Crippen LogP contribution in [0.2, 0.25) is 5.02 Å². The van der Waals surface area contributed by atoms with Crippen molar-refractivity contribution in [1.29, 1.82) is 0 Å². The zero-order chi connectivity index (χ0) is 12.8. The highest BCUT2D eigenvalue weighted by molar-refractivity contribution is 6.30. The Balaban J connectivity index is 1.88. The SMILES string of the molecule is CNC(CCC1CCCCO1)c1cccc(Cl)c1. The number of hydrogen-bond donors (Lipinski definition) is 1. The average molecular weight is 268 g/mol. The van der Waals surface area contributed by atoms with Crippen molar-refractivity contribution in [2.45, 2.75) is 44.2 Å². The Hall–Kier alpha value is -0.570. The molecule has 0 radical (unpaired) electrons. The molecule has 0 spiro atoms. The van der Waals surface area contributed by atoms with Crippen LogP contribution in [0.1, 0.15) is 43.7 Å². The van der Waals surface area contributed by atoms with Gasteiger partial charge in [-0.1, -0.05) is 23.7 Å². The van der Waals surface area contributed by atoms with E-state index in [1.807, 2.05) is 25.2 Å². The second-order valence-electron chi connectivity index (χ2n) is 4.96. The molecule has 2 rings (SSSR count). The molecule has 1 aromatic carbocycles. The van der Waals surface area contributed by atoms with Gasteiger partial charge >= 0.3 is 0 Å². The molecule has 1 heterocycles. The maximum absolute atomic E-state index is 6.04. The molecule has 0 aromatic heterocycles. The molecule has 18 heavy (non-hydrogen) atoms. The molecular formula is C15H22ClNO. The molecule has 0 saturated carbocycles. The Morgan fingerprint density at radius 3 is 3.00 bits per heavy atom. The Morgan fingerprint density at radius 1 is 1.44 bits per heavy atom. The predicted octanol–water partition coefficient (Wildman–Crippen LogP) is 3.95. The molecule has 1 aliphatic heterocycles. The van der Waals surface area contributed by atoms with Gasteiger partial charge < -0.3 is 10.1 Å². The van der Waals surface area contributed by atoms with E-state index in [0.717, 1.165) is 24.5 Å². The zero-order valence-electron chi connectivity index (χ0n) is 11.0. The molecule has 100 valence electrons. The third kappa shape index (κ3) is 3.98. The number of hydrogen-bond acceptors (Lipinski definition) is 2. The van der Waals surface area contributed by atoms with Crippen LogP contribution in [0, 0.1) is 0 Å². The summed E-state index contributed by atoms with van der Waals surface area (Å²) in [6.07, 6.45) is 6.42. The van der Waals surface area contributed by atoms with E-state index in [0.29, 0.717) is 12.1 Å². The van der Waals surface area contributed by atoms with E-state index in [9.17, 15) is 0 Å². The zero-order valence-corrected chi connectivity index (χ0v) is 11.7. The highest BCUT2D eigenvalue weighted by Crippen LogP contribution is 2.25. The monoisotopic (exact) mass is 267 g/mol. The lowest BCUT2D eigenvalue weighted by Gasteiger charge is -2.25. The quantitative estimate of drug-likeness (QED) is 0.872. The van der Waals surface area contributed by atoms with E-state index in [1.54, 1.807) is 0 Å². The molecule has 2 nitrogen and oxygen atoms in total. The van der Waals surface area contributed by atoms with Crippen molar-refractivity contribution >= 4 is 11.6 Å². The lowest BCUT2D eigenvalue weighted by atomic mass is 9.97. The molecular weight excluding hydrogens is 246 g/mol. The van der Waals surface area contributed by atoms with Crippen LogP contribution >= 0.6 is 11.6 Å². The molecule has 0 bridgehead atoms. The summed E-state index contributed by atoms with van der Waals surface area (Å²) in [5, 5.41) is 4.18. The van der Waals surface area contributed by atoms with Gasteiger partial charge in [0, 0.05) is 17.7 Å². The van der Waals surface area contributed by atoms with Crippen molar-refractivity contribution in [2.75, 3.05) is 13.7 Å². The van der Waals surface area contributed by atoms with E-state index in [4.69, 9.17) is 16.3 Å². The minimum atomic E-state index is 0.370. The van der Waals surface area contributed by atoms with Crippen LogP contribution in [0.25, 0.3) is 0 Å². The van der Waals surface area contributed by atoms with Gasteiger partial charge in [0.25, 0.3) is 0 Å². The smallest absolute Gasteiger partial charge is 0.0575 e. The number of nitrogens with one attached hydrogen (secondary N) is 1. The van der Waals surface area contributed by atoms with Gasteiger partial charge in [-0.05, 0) is 56.8 Å². The lowest BCUT2D eigenvalue weighted by Crippen LogP contribution is -2.23. The molecule has 3 heteroatoms. The van der Waals surface area contributed by atoms with Crippen molar-refractivity contribution in [3.05, 3.63) is 34.9 Å².